The molecule has 7 nitrogen and oxygen atoms in total. The highest BCUT2D eigenvalue weighted by atomic mass is 35.5. The van der Waals surface area contributed by atoms with Crippen LogP contribution in [0.2, 0.25) is 0 Å². The molecule has 0 radical (unpaired) electrons. The first-order valence-corrected chi connectivity index (χ1v) is 6.27. The van der Waals surface area contributed by atoms with Crippen molar-refractivity contribution in [1.29, 1.82) is 0 Å². The molecule has 0 aliphatic carbocycles. The van der Waals surface area contributed by atoms with E-state index < -0.39 is 0 Å². The molecular weight excluding hydrogens is 296 g/mol. The van der Waals surface area contributed by atoms with E-state index in [9.17, 15) is 0 Å². The van der Waals surface area contributed by atoms with Crippen LogP contribution < -0.4 is 5.32 Å². The summed E-state index contributed by atoms with van der Waals surface area (Å²) in [5.41, 5.74) is 0.493. The van der Waals surface area contributed by atoms with Crippen molar-refractivity contribution in [2.45, 2.75) is 19.4 Å². The minimum Gasteiger partial charge on any atom is -0.461 e. The maximum Gasteiger partial charge on any atom is 0.280 e. The lowest BCUT2D eigenvalue weighted by Gasteiger charge is -2.04. The molecule has 8 heteroatoms. The van der Waals surface area contributed by atoms with Gasteiger partial charge in [0.25, 0.3) is 5.89 Å². The van der Waals surface area contributed by atoms with Gasteiger partial charge in [-0.3, -0.25) is 0 Å². The average molecular weight is 311 g/mol. The number of aromatic nitrogens is 3. The van der Waals surface area contributed by atoms with Crippen LogP contribution in [0.25, 0.3) is 23.1 Å². The molecule has 21 heavy (non-hydrogen) atoms. The minimum absolute atomic E-state index is 0. The summed E-state index contributed by atoms with van der Waals surface area (Å²) in [7, 11) is 1.89. The minimum atomic E-state index is 0. The van der Waals surface area contributed by atoms with Crippen LogP contribution in [0.1, 0.15) is 12.7 Å². The Morgan fingerprint density at radius 1 is 1.24 bits per heavy atom. The van der Waals surface area contributed by atoms with Crippen molar-refractivity contribution in [2.24, 2.45) is 0 Å². The fourth-order valence-electron chi connectivity index (χ4n) is 1.73. The van der Waals surface area contributed by atoms with Crippen molar-refractivity contribution in [2.75, 3.05) is 7.05 Å². The maximum absolute atomic E-state index is 5.23. The fourth-order valence-corrected chi connectivity index (χ4v) is 1.73. The molecule has 3 aromatic heterocycles. The number of likely N-dealkylation sites (N-methyl/N-ethyl adjacent to an activating group) is 1. The molecule has 0 amide bonds. The Morgan fingerprint density at radius 2 is 2.10 bits per heavy atom. The van der Waals surface area contributed by atoms with Crippen molar-refractivity contribution in [1.82, 2.24) is 20.6 Å². The Morgan fingerprint density at radius 3 is 2.81 bits per heavy atom. The molecule has 0 bridgehead atoms. The van der Waals surface area contributed by atoms with Gasteiger partial charge in [-0.15, -0.1) is 12.4 Å². The molecule has 0 fully saturated rings. The Labute approximate surface area is 127 Å². The van der Waals surface area contributed by atoms with Gasteiger partial charge in [-0.1, -0.05) is 10.3 Å². The van der Waals surface area contributed by atoms with Crippen molar-refractivity contribution in [3.8, 4) is 23.1 Å². The second-order valence-electron chi connectivity index (χ2n) is 4.46. The van der Waals surface area contributed by atoms with Crippen molar-refractivity contribution >= 4 is 12.4 Å². The van der Waals surface area contributed by atoms with Crippen molar-refractivity contribution in [3.05, 3.63) is 30.3 Å². The van der Waals surface area contributed by atoms with Crippen LogP contribution in [0.15, 0.2) is 37.9 Å². The summed E-state index contributed by atoms with van der Waals surface area (Å²) in [6, 6.07) is 5.55. The van der Waals surface area contributed by atoms with Crippen LogP contribution in [-0.2, 0) is 6.42 Å². The largest absolute Gasteiger partial charge is 0.461 e. The number of hydrogen-bond acceptors (Lipinski definition) is 7. The number of hydrogen-bond donors (Lipinski definition) is 1. The number of rotatable bonds is 5. The summed E-state index contributed by atoms with van der Waals surface area (Å²) in [4.78, 5) is 4.29. The van der Waals surface area contributed by atoms with Gasteiger partial charge in [-0.25, -0.2) is 0 Å². The lowest BCUT2D eigenvalue weighted by Crippen LogP contribution is -2.24. The Bertz CT molecular complexity index is 677. The van der Waals surface area contributed by atoms with E-state index in [1.54, 1.807) is 24.5 Å². The molecule has 0 saturated heterocycles. The zero-order valence-corrected chi connectivity index (χ0v) is 12.4. The molecule has 0 aliphatic heterocycles. The third-order valence-corrected chi connectivity index (χ3v) is 2.94. The number of nitrogens with one attached hydrogen (secondary N) is 1. The molecule has 1 unspecified atom stereocenters. The Balaban J connectivity index is 0.00000161. The summed E-state index contributed by atoms with van der Waals surface area (Å²) in [5, 5.41) is 10.9. The standard InChI is InChI=1S/C13H14N4O3.ClH/c1-8(14-2)6-12-15-13(20-17-12)9-7-11(19-16-9)10-4-3-5-18-10;/h3-5,7-8,14H,6H2,1-2H3;1H. The van der Waals surface area contributed by atoms with Crippen LogP contribution in [-0.4, -0.2) is 28.4 Å². The van der Waals surface area contributed by atoms with Crippen LogP contribution in [0.5, 0.6) is 0 Å². The predicted molar refractivity (Wildman–Crippen MR) is 77.0 cm³/mol. The van der Waals surface area contributed by atoms with Gasteiger partial charge in [-0.2, -0.15) is 4.98 Å². The summed E-state index contributed by atoms with van der Waals surface area (Å²) in [6.07, 6.45) is 2.25. The number of nitrogens with zero attached hydrogens (tertiary/aromatic N) is 3. The van der Waals surface area contributed by atoms with E-state index in [1.165, 1.54) is 0 Å². The molecule has 3 heterocycles. The van der Waals surface area contributed by atoms with Gasteiger partial charge in [0.2, 0.25) is 5.76 Å². The number of halogens is 1. The van der Waals surface area contributed by atoms with E-state index in [1.807, 2.05) is 14.0 Å². The highest BCUT2D eigenvalue weighted by Gasteiger charge is 2.16. The molecule has 1 N–H and O–H groups in total. The second kappa shape index (κ2) is 6.55. The predicted octanol–water partition coefficient (Wildman–Crippen LogP) is 2.56. The average Bonchev–Trinajstić information content (AvgIpc) is 3.18. The third-order valence-electron chi connectivity index (χ3n) is 2.94. The van der Waals surface area contributed by atoms with Gasteiger partial charge in [0.15, 0.2) is 17.3 Å². The van der Waals surface area contributed by atoms with Crippen molar-refractivity contribution < 1.29 is 13.5 Å². The lowest BCUT2D eigenvalue weighted by atomic mass is 10.2. The molecule has 3 aromatic rings. The molecule has 3 rings (SSSR count). The van der Waals surface area contributed by atoms with E-state index in [-0.39, 0.29) is 18.4 Å². The lowest BCUT2D eigenvalue weighted by molar-refractivity contribution is 0.400. The molecule has 1 atom stereocenters. The Kier molecular flexibility index (Phi) is 4.77. The highest BCUT2D eigenvalue weighted by molar-refractivity contribution is 5.85. The first-order chi connectivity index (χ1) is 9.76. The second-order valence-corrected chi connectivity index (χ2v) is 4.46. The zero-order chi connectivity index (χ0) is 13.9. The highest BCUT2D eigenvalue weighted by Crippen LogP contribution is 2.25. The van der Waals surface area contributed by atoms with Gasteiger partial charge < -0.3 is 18.8 Å². The van der Waals surface area contributed by atoms with Gasteiger partial charge in [0.05, 0.1) is 6.26 Å². The molecule has 0 aromatic carbocycles. The van der Waals surface area contributed by atoms with E-state index >= 15 is 0 Å². The number of furan rings is 1. The summed E-state index contributed by atoms with van der Waals surface area (Å²) >= 11 is 0. The topological polar surface area (TPSA) is 90.1 Å². The normalized spacial score (nSPS) is 12.1. The summed E-state index contributed by atoms with van der Waals surface area (Å²) in [5.74, 6) is 2.09. The molecule has 0 spiro atoms. The van der Waals surface area contributed by atoms with Gasteiger partial charge in [-0.05, 0) is 26.1 Å². The summed E-state index contributed by atoms with van der Waals surface area (Å²) < 4.78 is 15.6. The monoisotopic (exact) mass is 310 g/mol. The first kappa shape index (κ1) is 15.3. The van der Waals surface area contributed by atoms with Crippen LogP contribution in [0.3, 0.4) is 0 Å². The van der Waals surface area contributed by atoms with Gasteiger partial charge in [0.1, 0.15) is 0 Å². The quantitative estimate of drug-likeness (QED) is 0.774. The fraction of sp³-hybridized carbons (Fsp3) is 0.308. The SMILES string of the molecule is CNC(C)Cc1noc(-c2cc(-c3ccco3)on2)n1.Cl. The van der Waals surface area contributed by atoms with Crippen LogP contribution in [0.4, 0.5) is 0 Å². The van der Waals surface area contributed by atoms with E-state index in [0.29, 0.717) is 35.4 Å². The molecule has 0 saturated carbocycles. The van der Waals surface area contributed by atoms with E-state index in [2.05, 4.69) is 20.6 Å². The van der Waals surface area contributed by atoms with Crippen molar-refractivity contribution in [3.63, 3.8) is 0 Å². The van der Waals surface area contributed by atoms with Gasteiger partial charge >= 0.3 is 0 Å². The zero-order valence-electron chi connectivity index (χ0n) is 11.6. The van der Waals surface area contributed by atoms with E-state index in [4.69, 9.17) is 13.5 Å². The molecular formula is C13H15ClN4O3. The molecule has 0 aliphatic rings. The molecule has 112 valence electrons. The van der Waals surface area contributed by atoms with Gasteiger partial charge in [0, 0.05) is 18.5 Å². The maximum atomic E-state index is 5.23. The van der Waals surface area contributed by atoms with E-state index in [0.717, 1.165) is 0 Å². The smallest absolute Gasteiger partial charge is 0.280 e. The van der Waals surface area contributed by atoms with Crippen LogP contribution >= 0.6 is 12.4 Å². The van der Waals surface area contributed by atoms with Crippen LogP contribution in [0, 0.1) is 0 Å². The third kappa shape index (κ3) is 3.32. The summed E-state index contributed by atoms with van der Waals surface area (Å²) in [6.45, 7) is 2.04. The first-order valence-electron chi connectivity index (χ1n) is 6.27. The Hall–Kier alpha value is -2.12.